The van der Waals surface area contributed by atoms with Crippen molar-refractivity contribution in [3.8, 4) is 0 Å². The summed E-state index contributed by atoms with van der Waals surface area (Å²) in [7, 11) is 0. The average Bonchev–Trinajstić information content (AvgIpc) is 3.18. The van der Waals surface area contributed by atoms with E-state index in [1.807, 2.05) is 58.0 Å². The van der Waals surface area contributed by atoms with Gasteiger partial charge in [0.1, 0.15) is 18.4 Å². The number of rotatable bonds is 4. The summed E-state index contributed by atoms with van der Waals surface area (Å²) in [6, 6.07) is 9.35. The van der Waals surface area contributed by atoms with Crippen molar-refractivity contribution >= 4 is 6.09 Å². The number of likely N-dealkylation sites (tertiary alicyclic amines) is 1. The number of hydrogen-bond acceptors (Lipinski definition) is 5. The van der Waals surface area contributed by atoms with Crippen LogP contribution in [-0.2, 0) is 16.1 Å². The highest BCUT2D eigenvalue weighted by Crippen LogP contribution is 2.35. The van der Waals surface area contributed by atoms with Crippen molar-refractivity contribution in [1.29, 1.82) is 0 Å². The Morgan fingerprint density at radius 1 is 1.31 bits per heavy atom. The largest absolute Gasteiger partial charge is 0.445 e. The first-order valence-electron chi connectivity index (χ1n) is 8.89. The van der Waals surface area contributed by atoms with Gasteiger partial charge in [0.15, 0.2) is 0 Å². The van der Waals surface area contributed by atoms with Gasteiger partial charge in [-0.2, -0.15) is 0 Å². The molecular formula is C20H26N2O4. The minimum Gasteiger partial charge on any atom is -0.445 e. The molecule has 0 unspecified atom stereocenters. The van der Waals surface area contributed by atoms with Crippen molar-refractivity contribution in [2.45, 2.75) is 58.5 Å². The van der Waals surface area contributed by atoms with E-state index in [2.05, 4.69) is 4.98 Å². The Morgan fingerprint density at radius 2 is 2.04 bits per heavy atom. The van der Waals surface area contributed by atoms with Crippen LogP contribution in [0.2, 0.25) is 0 Å². The number of nitrogens with zero attached hydrogens (tertiary/aromatic N) is 2. The van der Waals surface area contributed by atoms with Crippen LogP contribution in [-0.4, -0.2) is 34.2 Å². The molecule has 1 aliphatic heterocycles. The summed E-state index contributed by atoms with van der Waals surface area (Å²) < 4.78 is 17.3. The molecule has 0 bridgehead atoms. The maximum Gasteiger partial charge on any atom is 0.410 e. The van der Waals surface area contributed by atoms with Crippen molar-refractivity contribution in [1.82, 2.24) is 9.88 Å². The van der Waals surface area contributed by atoms with Crippen LogP contribution in [0.3, 0.4) is 0 Å². The topological polar surface area (TPSA) is 64.8 Å². The summed E-state index contributed by atoms with van der Waals surface area (Å²) in [5, 5.41) is 0. The van der Waals surface area contributed by atoms with Gasteiger partial charge in [0.2, 0.25) is 5.89 Å². The van der Waals surface area contributed by atoms with Crippen molar-refractivity contribution in [2.24, 2.45) is 0 Å². The molecule has 0 spiro atoms. The first-order chi connectivity index (χ1) is 12.3. The molecule has 1 aliphatic rings. The van der Waals surface area contributed by atoms with Crippen LogP contribution in [0.25, 0.3) is 0 Å². The number of hydrogen-bond donors (Lipinski definition) is 0. The molecule has 2 heterocycles. The number of oxazole rings is 1. The van der Waals surface area contributed by atoms with E-state index >= 15 is 0 Å². The van der Waals surface area contributed by atoms with Gasteiger partial charge in [-0.15, -0.1) is 0 Å². The van der Waals surface area contributed by atoms with Gasteiger partial charge >= 0.3 is 6.09 Å². The average molecular weight is 358 g/mol. The molecule has 140 valence electrons. The SMILES string of the molecule is Cc1cnc([C@@H]2C[C@@H](OC(C)(C)C)CN2C(=O)OCc2ccccc2)o1. The number of benzene rings is 1. The van der Waals surface area contributed by atoms with E-state index < -0.39 is 0 Å². The van der Waals surface area contributed by atoms with E-state index in [-0.39, 0.29) is 30.4 Å². The Hall–Kier alpha value is -2.34. The van der Waals surface area contributed by atoms with Crippen LogP contribution >= 0.6 is 0 Å². The smallest absolute Gasteiger partial charge is 0.410 e. The van der Waals surface area contributed by atoms with E-state index in [1.54, 1.807) is 11.1 Å². The summed E-state index contributed by atoms with van der Waals surface area (Å²) in [5.74, 6) is 1.25. The number of carbonyl (C=O) groups excluding carboxylic acids is 1. The van der Waals surface area contributed by atoms with E-state index in [1.165, 1.54) is 0 Å². The predicted octanol–water partition coefficient (Wildman–Crippen LogP) is 4.25. The number of carbonyl (C=O) groups is 1. The third-order valence-corrected chi connectivity index (χ3v) is 4.15. The molecule has 0 saturated carbocycles. The van der Waals surface area contributed by atoms with Gasteiger partial charge in [-0.3, -0.25) is 4.90 Å². The van der Waals surface area contributed by atoms with Crippen molar-refractivity contribution < 1.29 is 18.7 Å². The molecule has 0 radical (unpaired) electrons. The van der Waals surface area contributed by atoms with Crippen molar-refractivity contribution in [2.75, 3.05) is 6.54 Å². The molecule has 2 aromatic rings. The van der Waals surface area contributed by atoms with Crippen molar-refractivity contribution in [3.05, 3.63) is 53.7 Å². The molecular weight excluding hydrogens is 332 g/mol. The summed E-state index contributed by atoms with van der Waals surface area (Å²) in [4.78, 5) is 18.7. The third-order valence-electron chi connectivity index (χ3n) is 4.15. The summed E-state index contributed by atoms with van der Waals surface area (Å²) in [6.07, 6.45) is 1.84. The predicted molar refractivity (Wildman–Crippen MR) is 96.6 cm³/mol. The maximum absolute atomic E-state index is 12.7. The molecule has 2 atom stereocenters. The van der Waals surface area contributed by atoms with Gasteiger partial charge in [0.05, 0.1) is 24.4 Å². The Balaban J connectivity index is 1.71. The molecule has 26 heavy (non-hydrogen) atoms. The Labute approximate surface area is 154 Å². The van der Waals surface area contributed by atoms with Gasteiger partial charge in [-0.1, -0.05) is 30.3 Å². The lowest BCUT2D eigenvalue weighted by molar-refractivity contribution is -0.0540. The van der Waals surface area contributed by atoms with Gasteiger partial charge in [-0.05, 0) is 33.3 Å². The lowest BCUT2D eigenvalue weighted by Gasteiger charge is -2.24. The molecule has 1 aromatic heterocycles. The highest BCUT2D eigenvalue weighted by atomic mass is 16.6. The molecule has 1 fully saturated rings. The Morgan fingerprint density at radius 3 is 2.65 bits per heavy atom. The minimum atomic E-state index is -0.380. The van der Waals surface area contributed by atoms with Gasteiger partial charge in [-0.25, -0.2) is 9.78 Å². The zero-order chi connectivity index (χ0) is 18.7. The van der Waals surface area contributed by atoms with Crippen LogP contribution < -0.4 is 0 Å². The second kappa shape index (κ2) is 7.50. The minimum absolute atomic E-state index is 0.0866. The summed E-state index contributed by atoms with van der Waals surface area (Å²) in [5.41, 5.74) is 0.664. The molecule has 1 amide bonds. The fourth-order valence-corrected chi connectivity index (χ4v) is 3.15. The monoisotopic (exact) mass is 358 g/mol. The molecule has 6 heteroatoms. The van der Waals surface area contributed by atoms with Gasteiger partial charge < -0.3 is 13.9 Å². The number of aromatic nitrogens is 1. The second-order valence-corrected chi connectivity index (χ2v) is 7.61. The number of aryl methyl sites for hydroxylation is 1. The van der Waals surface area contributed by atoms with Crippen LogP contribution in [0, 0.1) is 6.92 Å². The molecule has 0 aliphatic carbocycles. The highest BCUT2D eigenvalue weighted by Gasteiger charge is 2.41. The first kappa shape index (κ1) is 18.5. The Bertz CT molecular complexity index is 736. The Kier molecular flexibility index (Phi) is 5.32. The van der Waals surface area contributed by atoms with E-state index in [4.69, 9.17) is 13.9 Å². The molecule has 1 aromatic carbocycles. The number of ether oxygens (including phenoxy) is 2. The maximum atomic E-state index is 12.7. The van der Waals surface area contributed by atoms with Gasteiger partial charge in [0.25, 0.3) is 0 Å². The lowest BCUT2D eigenvalue weighted by Crippen LogP contribution is -2.34. The standard InChI is InChI=1S/C20H26N2O4/c1-14-11-21-18(25-14)17-10-16(26-20(2,3)4)12-22(17)19(23)24-13-15-8-6-5-7-9-15/h5-9,11,16-17H,10,12-13H2,1-4H3/t16-,17+/m1/s1. The van der Waals surface area contributed by atoms with E-state index in [0.29, 0.717) is 18.9 Å². The second-order valence-electron chi connectivity index (χ2n) is 7.61. The first-order valence-corrected chi connectivity index (χ1v) is 8.89. The van der Waals surface area contributed by atoms with Crippen LogP contribution in [0.5, 0.6) is 0 Å². The molecule has 6 nitrogen and oxygen atoms in total. The summed E-state index contributed by atoms with van der Waals surface area (Å²) in [6.45, 7) is 8.55. The zero-order valence-corrected chi connectivity index (χ0v) is 15.8. The highest BCUT2D eigenvalue weighted by molar-refractivity contribution is 5.68. The zero-order valence-electron chi connectivity index (χ0n) is 15.8. The number of amides is 1. The summed E-state index contributed by atoms with van der Waals surface area (Å²) >= 11 is 0. The fraction of sp³-hybridized carbons (Fsp3) is 0.500. The normalized spacial score (nSPS) is 20.4. The lowest BCUT2D eigenvalue weighted by atomic mass is 10.1. The molecule has 0 N–H and O–H groups in total. The third kappa shape index (κ3) is 4.64. The van der Waals surface area contributed by atoms with E-state index in [9.17, 15) is 4.79 Å². The van der Waals surface area contributed by atoms with Crippen LogP contribution in [0.1, 0.15) is 50.4 Å². The molecule has 1 saturated heterocycles. The van der Waals surface area contributed by atoms with Gasteiger partial charge in [0, 0.05) is 6.42 Å². The molecule has 3 rings (SSSR count). The quantitative estimate of drug-likeness (QED) is 0.817. The van der Waals surface area contributed by atoms with Crippen LogP contribution in [0.15, 0.2) is 40.9 Å². The van der Waals surface area contributed by atoms with Crippen LogP contribution in [0.4, 0.5) is 4.79 Å². The fourth-order valence-electron chi connectivity index (χ4n) is 3.15. The van der Waals surface area contributed by atoms with E-state index in [0.717, 1.165) is 11.3 Å². The van der Waals surface area contributed by atoms with Crippen molar-refractivity contribution in [3.63, 3.8) is 0 Å².